The Bertz CT molecular complexity index is 348. The summed E-state index contributed by atoms with van der Waals surface area (Å²) in [5.41, 5.74) is 2.94. The van der Waals surface area contributed by atoms with E-state index in [1.54, 1.807) is 0 Å². The maximum Gasteiger partial charge on any atom is 0.0601 e. The molecule has 0 fully saturated rings. The largest absolute Gasteiger partial charge is 0.288 e. The molecule has 0 saturated heterocycles. The van der Waals surface area contributed by atoms with Crippen molar-refractivity contribution in [1.29, 1.82) is 0 Å². The molecule has 0 aromatic heterocycles. The molecule has 72 valence electrons. The van der Waals surface area contributed by atoms with Crippen LogP contribution in [0.1, 0.15) is 17.5 Å². The van der Waals surface area contributed by atoms with Crippen LogP contribution in [0.2, 0.25) is 0 Å². The number of rotatable bonds is 1. The standard InChI is InChI=1S/C13H15N/c1-2-9-14-10-5-8-12-6-3-4-7-13(12)11-14/h1,3-4,6-7H,5,8-11H2. The van der Waals surface area contributed by atoms with Crippen LogP contribution in [-0.2, 0) is 13.0 Å². The van der Waals surface area contributed by atoms with E-state index < -0.39 is 0 Å². The van der Waals surface area contributed by atoms with Crippen molar-refractivity contribution in [3.05, 3.63) is 35.4 Å². The first kappa shape index (κ1) is 9.30. The molecule has 1 aromatic rings. The summed E-state index contributed by atoms with van der Waals surface area (Å²) >= 11 is 0. The van der Waals surface area contributed by atoms with Crippen LogP contribution < -0.4 is 0 Å². The Kier molecular flexibility index (Phi) is 2.86. The lowest BCUT2D eigenvalue weighted by atomic mass is 10.0. The summed E-state index contributed by atoms with van der Waals surface area (Å²) in [7, 11) is 0. The SMILES string of the molecule is C#CCN1CCCc2ccccc2C1. The van der Waals surface area contributed by atoms with Gasteiger partial charge in [-0.2, -0.15) is 0 Å². The Morgan fingerprint density at radius 2 is 2.07 bits per heavy atom. The fraction of sp³-hybridized carbons (Fsp3) is 0.385. The molecule has 0 atom stereocenters. The van der Waals surface area contributed by atoms with E-state index in [9.17, 15) is 0 Å². The van der Waals surface area contributed by atoms with Gasteiger partial charge >= 0.3 is 0 Å². The van der Waals surface area contributed by atoms with Crippen molar-refractivity contribution in [2.45, 2.75) is 19.4 Å². The fourth-order valence-corrected chi connectivity index (χ4v) is 2.03. The van der Waals surface area contributed by atoms with Crippen LogP contribution in [0.3, 0.4) is 0 Å². The quantitative estimate of drug-likeness (QED) is 0.605. The number of hydrogen-bond donors (Lipinski definition) is 0. The van der Waals surface area contributed by atoms with E-state index in [4.69, 9.17) is 6.42 Å². The van der Waals surface area contributed by atoms with E-state index >= 15 is 0 Å². The van der Waals surface area contributed by atoms with Gasteiger partial charge in [-0.05, 0) is 30.5 Å². The highest BCUT2D eigenvalue weighted by molar-refractivity contribution is 5.28. The second-order valence-electron chi connectivity index (χ2n) is 3.79. The fourth-order valence-electron chi connectivity index (χ4n) is 2.03. The van der Waals surface area contributed by atoms with E-state index in [0.29, 0.717) is 0 Å². The first-order valence-electron chi connectivity index (χ1n) is 5.13. The first-order chi connectivity index (χ1) is 6.90. The Hall–Kier alpha value is -1.26. The van der Waals surface area contributed by atoms with E-state index in [-0.39, 0.29) is 0 Å². The Labute approximate surface area is 85.7 Å². The van der Waals surface area contributed by atoms with Gasteiger partial charge in [-0.15, -0.1) is 6.42 Å². The summed E-state index contributed by atoms with van der Waals surface area (Å²) in [6.07, 6.45) is 7.75. The highest BCUT2D eigenvalue weighted by Gasteiger charge is 2.12. The van der Waals surface area contributed by atoms with Crippen molar-refractivity contribution in [2.24, 2.45) is 0 Å². The maximum atomic E-state index is 5.34. The van der Waals surface area contributed by atoms with Gasteiger partial charge in [0.2, 0.25) is 0 Å². The van der Waals surface area contributed by atoms with Gasteiger partial charge in [0, 0.05) is 6.54 Å². The summed E-state index contributed by atoms with van der Waals surface area (Å²) in [6, 6.07) is 8.67. The highest BCUT2D eigenvalue weighted by atomic mass is 15.1. The molecular weight excluding hydrogens is 170 g/mol. The van der Waals surface area contributed by atoms with Crippen LogP contribution in [0.15, 0.2) is 24.3 Å². The van der Waals surface area contributed by atoms with E-state index in [1.165, 1.54) is 24.0 Å². The number of fused-ring (bicyclic) bond motifs is 1. The van der Waals surface area contributed by atoms with Crippen molar-refractivity contribution in [3.8, 4) is 12.3 Å². The van der Waals surface area contributed by atoms with Crippen LogP contribution in [0.5, 0.6) is 0 Å². The summed E-state index contributed by atoms with van der Waals surface area (Å²) in [5.74, 6) is 2.72. The average molecular weight is 185 g/mol. The molecule has 0 saturated carbocycles. The van der Waals surface area contributed by atoms with Gasteiger partial charge in [0.05, 0.1) is 6.54 Å². The number of aryl methyl sites for hydroxylation is 1. The molecule has 0 amide bonds. The average Bonchev–Trinajstić information content (AvgIpc) is 2.40. The van der Waals surface area contributed by atoms with Crippen molar-refractivity contribution in [2.75, 3.05) is 13.1 Å². The lowest BCUT2D eigenvalue weighted by molar-refractivity contribution is 0.304. The molecule has 1 heterocycles. The Balaban J connectivity index is 2.19. The van der Waals surface area contributed by atoms with Crippen LogP contribution >= 0.6 is 0 Å². The zero-order chi connectivity index (χ0) is 9.80. The molecule has 0 bridgehead atoms. The van der Waals surface area contributed by atoms with Crippen molar-refractivity contribution < 1.29 is 0 Å². The molecular formula is C13H15N. The summed E-state index contributed by atoms with van der Waals surface area (Å²) in [6.45, 7) is 2.91. The van der Waals surface area contributed by atoms with Crippen LogP contribution in [0.25, 0.3) is 0 Å². The molecule has 1 aliphatic heterocycles. The minimum absolute atomic E-state index is 0.772. The predicted molar refractivity (Wildman–Crippen MR) is 58.9 cm³/mol. The molecule has 0 unspecified atom stereocenters. The molecule has 0 radical (unpaired) electrons. The molecule has 0 aliphatic carbocycles. The lowest BCUT2D eigenvalue weighted by Crippen LogP contribution is -2.23. The van der Waals surface area contributed by atoms with Crippen molar-refractivity contribution >= 4 is 0 Å². The van der Waals surface area contributed by atoms with Gasteiger partial charge in [-0.25, -0.2) is 0 Å². The Morgan fingerprint density at radius 1 is 1.29 bits per heavy atom. The number of hydrogen-bond acceptors (Lipinski definition) is 1. The predicted octanol–water partition coefficient (Wildman–Crippen LogP) is 2.07. The normalized spacial score (nSPS) is 16.8. The van der Waals surface area contributed by atoms with Gasteiger partial charge in [-0.1, -0.05) is 30.2 Å². The molecule has 1 aromatic carbocycles. The maximum absolute atomic E-state index is 5.34. The number of benzene rings is 1. The second-order valence-corrected chi connectivity index (χ2v) is 3.79. The monoisotopic (exact) mass is 185 g/mol. The van der Waals surface area contributed by atoms with Crippen molar-refractivity contribution in [3.63, 3.8) is 0 Å². The summed E-state index contributed by atoms with van der Waals surface area (Å²) < 4.78 is 0. The van der Waals surface area contributed by atoms with E-state index in [2.05, 4.69) is 35.1 Å². The van der Waals surface area contributed by atoms with Gasteiger partial charge in [0.1, 0.15) is 0 Å². The molecule has 14 heavy (non-hydrogen) atoms. The zero-order valence-electron chi connectivity index (χ0n) is 8.37. The molecule has 1 aliphatic rings. The van der Waals surface area contributed by atoms with Crippen LogP contribution in [0, 0.1) is 12.3 Å². The molecule has 1 heteroatoms. The van der Waals surface area contributed by atoms with Gasteiger partial charge in [0.25, 0.3) is 0 Å². The zero-order valence-corrected chi connectivity index (χ0v) is 8.37. The minimum Gasteiger partial charge on any atom is -0.288 e. The topological polar surface area (TPSA) is 3.24 Å². The molecule has 0 N–H and O–H groups in total. The number of terminal acetylenes is 1. The first-order valence-corrected chi connectivity index (χ1v) is 5.13. The van der Waals surface area contributed by atoms with Gasteiger partial charge < -0.3 is 0 Å². The van der Waals surface area contributed by atoms with Crippen LogP contribution in [0.4, 0.5) is 0 Å². The van der Waals surface area contributed by atoms with E-state index in [0.717, 1.165) is 19.6 Å². The lowest BCUT2D eigenvalue weighted by Gasteiger charge is -2.16. The van der Waals surface area contributed by atoms with Crippen LogP contribution in [-0.4, -0.2) is 18.0 Å². The van der Waals surface area contributed by atoms with Gasteiger partial charge in [0.15, 0.2) is 0 Å². The third-order valence-electron chi connectivity index (χ3n) is 2.75. The molecule has 1 nitrogen and oxygen atoms in total. The minimum atomic E-state index is 0.772. The Morgan fingerprint density at radius 3 is 2.86 bits per heavy atom. The number of nitrogens with zero attached hydrogens (tertiary/aromatic N) is 1. The third kappa shape index (κ3) is 1.97. The van der Waals surface area contributed by atoms with E-state index in [1.807, 2.05) is 0 Å². The smallest absolute Gasteiger partial charge is 0.0601 e. The van der Waals surface area contributed by atoms with Gasteiger partial charge in [-0.3, -0.25) is 4.90 Å². The summed E-state index contributed by atoms with van der Waals surface area (Å²) in [4.78, 5) is 2.34. The second kappa shape index (κ2) is 4.30. The third-order valence-corrected chi connectivity index (χ3v) is 2.75. The highest BCUT2D eigenvalue weighted by Crippen LogP contribution is 2.17. The van der Waals surface area contributed by atoms with Crippen molar-refractivity contribution in [1.82, 2.24) is 4.90 Å². The molecule has 0 spiro atoms. The molecule has 2 rings (SSSR count). The summed E-state index contributed by atoms with van der Waals surface area (Å²) in [5, 5.41) is 0.